The van der Waals surface area contributed by atoms with Gasteiger partial charge in [-0.05, 0) is 31.4 Å². The zero-order valence-electron chi connectivity index (χ0n) is 7.80. The van der Waals surface area contributed by atoms with Gasteiger partial charge in [0.2, 0.25) is 0 Å². The first kappa shape index (κ1) is 9.75. The Hall–Kier alpha value is -0.340. The van der Waals surface area contributed by atoms with Gasteiger partial charge >= 0.3 is 0 Å². The van der Waals surface area contributed by atoms with Gasteiger partial charge in [0, 0.05) is 23.5 Å². The largest absolute Gasteiger partial charge is 0.385 e. The Balaban J connectivity index is 2.31. The van der Waals surface area contributed by atoms with Gasteiger partial charge < -0.3 is 4.74 Å². The minimum atomic E-state index is 0.874. The van der Waals surface area contributed by atoms with Crippen molar-refractivity contribution >= 4 is 11.3 Å². The van der Waals surface area contributed by atoms with Crippen LogP contribution in [0.15, 0.2) is 12.1 Å². The van der Waals surface area contributed by atoms with Crippen LogP contribution in [0, 0.1) is 0 Å². The summed E-state index contributed by atoms with van der Waals surface area (Å²) in [6.07, 6.45) is 3.47. The first-order valence-electron chi connectivity index (χ1n) is 4.43. The molecule has 12 heavy (non-hydrogen) atoms. The van der Waals surface area contributed by atoms with Crippen molar-refractivity contribution in [3.8, 4) is 0 Å². The number of thiophene rings is 1. The molecule has 0 radical (unpaired) electrons. The number of methoxy groups -OCH3 is 1. The van der Waals surface area contributed by atoms with E-state index in [0.29, 0.717) is 0 Å². The third-order valence-electron chi connectivity index (χ3n) is 1.84. The molecular weight excluding hydrogens is 168 g/mol. The molecule has 1 aromatic heterocycles. The molecule has 1 aromatic rings. The molecule has 0 spiro atoms. The van der Waals surface area contributed by atoms with E-state index in [1.807, 2.05) is 11.3 Å². The van der Waals surface area contributed by atoms with E-state index in [2.05, 4.69) is 19.1 Å². The van der Waals surface area contributed by atoms with Crippen molar-refractivity contribution in [2.45, 2.75) is 26.2 Å². The Morgan fingerprint density at radius 3 is 2.67 bits per heavy atom. The summed E-state index contributed by atoms with van der Waals surface area (Å²) in [5, 5.41) is 0. The Morgan fingerprint density at radius 1 is 1.33 bits per heavy atom. The van der Waals surface area contributed by atoms with Crippen LogP contribution in [0.4, 0.5) is 0 Å². The second-order valence-corrected chi connectivity index (χ2v) is 4.07. The van der Waals surface area contributed by atoms with E-state index in [1.54, 1.807) is 7.11 Å². The lowest BCUT2D eigenvalue weighted by atomic mass is 10.3. The summed E-state index contributed by atoms with van der Waals surface area (Å²) in [6.45, 7) is 3.07. The summed E-state index contributed by atoms with van der Waals surface area (Å²) in [4.78, 5) is 2.98. The Bertz CT molecular complexity index is 217. The average Bonchev–Trinajstić information content (AvgIpc) is 2.53. The topological polar surface area (TPSA) is 9.23 Å². The molecule has 0 aliphatic rings. The van der Waals surface area contributed by atoms with E-state index < -0.39 is 0 Å². The lowest BCUT2D eigenvalue weighted by molar-refractivity contribution is 0.195. The summed E-state index contributed by atoms with van der Waals surface area (Å²) in [7, 11) is 1.76. The Kier molecular flexibility index (Phi) is 4.33. The van der Waals surface area contributed by atoms with Crippen LogP contribution < -0.4 is 0 Å². The molecule has 0 saturated carbocycles. The molecule has 0 aliphatic carbocycles. The molecule has 0 amide bonds. The van der Waals surface area contributed by atoms with Crippen LogP contribution in [0.3, 0.4) is 0 Å². The van der Waals surface area contributed by atoms with Crippen molar-refractivity contribution in [1.29, 1.82) is 0 Å². The van der Waals surface area contributed by atoms with E-state index in [1.165, 1.54) is 16.2 Å². The minimum absolute atomic E-state index is 0.874. The quantitative estimate of drug-likeness (QED) is 0.639. The second-order valence-electron chi connectivity index (χ2n) is 2.82. The molecule has 0 unspecified atom stereocenters. The number of hydrogen-bond donors (Lipinski definition) is 0. The van der Waals surface area contributed by atoms with Crippen LogP contribution in [-0.2, 0) is 17.6 Å². The summed E-state index contributed by atoms with van der Waals surface area (Å²) in [6, 6.07) is 4.46. The first-order chi connectivity index (χ1) is 5.86. The maximum atomic E-state index is 5.00. The predicted octanol–water partition coefficient (Wildman–Crippen LogP) is 2.89. The zero-order valence-corrected chi connectivity index (χ0v) is 8.62. The van der Waals surface area contributed by atoms with Gasteiger partial charge in [-0.15, -0.1) is 11.3 Å². The van der Waals surface area contributed by atoms with E-state index in [9.17, 15) is 0 Å². The lowest BCUT2D eigenvalue weighted by Gasteiger charge is -1.95. The van der Waals surface area contributed by atoms with E-state index in [0.717, 1.165) is 19.4 Å². The van der Waals surface area contributed by atoms with Crippen molar-refractivity contribution in [1.82, 2.24) is 0 Å². The van der Waals surface area contributed by atoms with E-state index >= 15 is 0 Å². The molecule has 0 N–H and O–H groups in total. The smallest absolute Gasteiger partial charge is 0.0465 e. The van der Waals surface area contributed by atoms with Gasteiger partial charge in [0.1, 0.15) is 0 Å². The molecule has 0 bridgehead atoms. The van der Waals surface area contributed by atoms with Gasteiger partial charge in [0.25, 0.3) is 0 Å². The standard InChI is InChI=1S/C10H16OS/c1-3-9-6-7-10(12-9)5-4-8-11-2/h6-7H,3-5,8H2,1-2H3. The third kappa shape index (κ3) is 2.95. The van der Waals surface area contributed by atoms with Gasteiger partial charge in [-0.3, -0.25) is 0 Å². The second kappa shape index (κ2) is 5.33. The molecule has 0 fully saturated rings. The first-order valence-corrected chi connectivity index (χ1v) is 5.25. The van der Waals surface area contributed by atoms with Crippen LogP contribution in [0.1, 0.15) is 23.1 Å². The van der Waals surface area contributed by atoms with Crippen LogP contribution in [0.5, 0.6) is 0 Å². The van der Waals surface area contributed by atoms with Crippen molar-refractivity contribution < 1.29 is 4.74 Å². The summed E-state index contributed by atoms with van der Waals surface area (Å²) >= 11 is 1.93. The molecule has 0 aromatic carbocycles. The van der Waals surface area contributed by atoms with Gasteiger partial charge in [-0.2, -0.15) is 0 Å². The minimum Gasteiger partial charge on any atom is -0.385 e. The average molecular weight is 184 g/mol. The maximum Gasteiger partial charge on any atom is 0.0465 e. The number of hydrogen-bond acceptors (Lipinski definition) is 2. The zero-order chi connectivity index (χ0) is 8.81. The van der Waals surface area contributed by atoms with Crippen LogP contribution in [-0.4, -0.2) is 13.7 Å². The highest BCUT2D eigenvalue weighted by molar-refractivity contribution is 7.11. The van der Waals surface area contributed by atoms with Gasteiger partial charge in [0.15, 0.2) is 0 Å². The monoisotopic (exact) mass is 184 g/mol. The highest BCUT2D eigenvalue weighted by atomic mass is 32.1. The van der Waals surface area contributed by atoms with Crippen molar-refractivity contribution in [2.24, 2.45) is 0 Å². The maximum absolute atomic E-state index is 5.00. The summed E-state index contributed by atoms with van der Waals surface area (Å²) in [5.41, 5.74) is 0. The summed E-state index contributed by atoms with van der Waals surface area (Å²) in [5.74, 6) is 0. The van der Waals surface area contributed by atoms with E-state index in [-0.39, 0.29) is 0 Å². The van der Waals surface area contributed by atoms with Crippen molar-refractivity contribution in [3.63, 3.8) is 0 Å². The van der Waals surface area contributed by atoms with Crippen molar-refractivity contribution in [3.05, 3.63) is 21.9 Å². The molecule has 1 rings (SSSR count). The molecule has 0 atom stereocenters. The number of aryl methyl sites for hydroxylation is 2. The van der Waals surface area contributed by atoms with Crippen LogP contribution >= 0.6 is 11.3 Å². The predicted molar refractivity (Wildman–Crippen MR) is 53.9 cm³/mol. The van der Waals surface area contributed by atoms with E-state index in [4.69, 9.17) is 4.74 Å². The summed E-state index contributed by atoms with van der Waals surface area (Å²) < 4.78 is 5.00. The molecule has 2 heteroatoms. The van der Waals surface area contributed by atoms with Gasteiger partial charge in [-0.1, -0.05) is 6.92 Å². The molecule has 1 heterocycles. The lowest BCUT2D eigenvalue weighted by Crippen LogP contribution is -1.89. The van der Waals surface area contributed by atoms with Crippen molar-refractivity contribution in [2.75, 3.05) is 13.7 Å². The normalized spacial score (nSPS) is 10.5. The Morgan fingerprint density at radius 2 is 2.08 bits per heavy atom. The fourth-order valence-corrected chi connectivity index (χ4v) is 2.14. The molecule has 68 valence electrons. The highest BCUT2D eigenvalue weighted by Gasteiger charge is 1.97. The fourth-order valence-electron chi connectivity index (χ4n) is 1.14. The number of rotatable bonds is 5. The van der Waals surface area contributed by atoms with Gasteiger partial charge in [0.05, 0.1) is 0 Å². The van der Waals surface area contributed by atoms with Gasteiger partial charge in [-0.25, -0.2) is 0 Å². The molecule has 1 nitrogen and oxygen atoms in total. The molecular formula is C10H16OS. The third-order valence-corrected chi connectivity index (χ3v) is 3.13. The SMILES string of the molecule is CCc1ccc(CCCOC)s1. The highest BCUT2D eigenvalue weighted by Crippen LogP contribution is 2.18. The fraction of sp³-hybridized carbons (Fsp3) is 0.600. The number of ether oxygens (including phenoxy) is 1. The molecule has 0 saturated heterocycles. The van der Waals surface area contributed by atoms with Crippen LogP contribution in [0.25, 0.3) is 0 Å². The Labute approximate surface area is 78.4 Å². The molecule has 0 aliphatic heterocycles. The van der Waals surface area contributed by atoms with Crippen LogP contribution in [0.2, 0.25) is 0 Å².